The Morgan fingerprint density at radius 2 is 2.04 bits per heavy atom. The predicted octanol–water partition coefficient (Wildman–Crippen LogP) is 2.67. The molecule has 1 N–H and O–H groups in total. The molecule has 3 fully saturated rings. The number of amides is 2. The van der Waals surface area contributed by atoms with Crippen molar-refractivity contribution in [1.29, 1.82) is 0 Å². The SMILES string of the molecule is CCCN1C(=O)[C@H]2CC[C@@H]1CN(C(=O)c1c(C)n(C)c3ccc(O)cc13)C2. The second-order valence-electron chi connectivity index (χ2n) is 7.89. The van der Waals surface area contributed by atoms with Gasteiger partial charge in [-0.1, -0.05) is 6.92 Å². The zero-order chi connectivity index (χ0) is 19.3. The van der Waals surface area contributed by atoms with Crippen LogP contribution in [0.1, 0.15) is 42.2 Å². The van der Waals surface area contributed by atoms with E-state index in [-0.39, 0.29) is 29.5 Å². The Balaban J connectivity index is 1.72. The lowest BCUT2D eigenvalue weighted by atomic mass is 9.94. The number of hydrogen-bond donors (Lipinski definition) is 1. The van der Waals surface area contributed by atoms with Crippen LogP contribution >= 0.6 is 0 Å². The molecule has 4 heterocycles. The van der Waals surface area contributed by atoms with E-state index in [1.807, 2.05) is 34.4 Å². The molecule has 2 amide bonds. The van der Waals surface area contributed by atoms with Crippen LogP contribution in [-0.4, -0.2) is 57.0 Å². The highest BCUT2D eigenvalue weighted by Gasteiger charge is 2.42. The molecule has 3 aliphatic rings. The third-order valence-electron chi connectivity index (χ3n) is 6.23. The molecule has 144 valence electrons. The molecular weight excluding hydrogens is 342 g/mol. The topological polar surface area (TPSA) is 65.8 Å². The van der Waals surface area contributed by atoms with Crippen LogP contribution in [0.25, 0.3) is 10.9 Å². The minimum absolute atomic E-state index is 0.0354. The van der Waals surface area contributed by atoms with Gasteiger partial charge in [-0.25, -0.2) is 0 Å². The third-order valence-corrected chi connectivity index (χ3v) is 6.23. The number of aromatic hydroxyl groups is 1. The van der Waals surface area contributed by atoms with Gasteiger partial charge in [0.15, 0.2) is 0 Å². The molecule has 2 atom stereocenters. The fraction of sp³-hybridized carbons (Fsp3) is 0.524. The monoisotopic (exact) mass is 369 g/mol. The van der Waals surface area contributed by atoms with E-state index in [9.17, 15) is 14.7 Å². The number of fused-ring (bicyclic) bond motifs is 5. The highest BCUT2D eigenvalue weighted by molar-refractivity contribution is 6.09. The molecule has 6 nitrogen and oxygen atoms in total. The Hall–Kier alpha value is -2.50. The Morgan fingerprint density at radius 1 is 1.26 bits per heavy atom. The highest BCUT2D eigenvalue weighted by atomic mass is 16.3. The molecule has 1 aromatic carbocycles. The number of piperidine rings is 1. The number of carbonyl (C=O) groups is 2. The maximum atomic E-state index is 13.5. The zero-order valence-electron chi connectivity index (χ0n) is 16.2. The van der Waals surface area contributed by atoms with E-state index in [1.165, 1.54) is 0 Å². The highest BCUT2D eigenvalue weighted by Crippen LogP contribution is 2.33. The van der Waals surface area contributed by atoms with Crippen molar-refractivity contribution in [2.75, 3.05) is 19.6 Å². The van der Waals surface area contributed by atoms with Crippen molar-refractivity contribution in [3.05, 3.63) is 29.5 Å². The third kappa shape index (κ3) is 2.78. The average molecular weight is 369 g/mol. The van der Waals surface area contributed by atoms with Gasteiger partial charge in [0.1, 0.15) is 5.75 Å². The van der Waals surface area contributed by atoms with Gasteiger partial charge in [0.05, 0.1) is 11.5 Å². The lowest BCUT2D eigenvalue weighted by Gasteiger charge is -2.35. The van der Waals surface area contributed by atoms with Gasteiger partial charge in [0.25, 0.3) is 5.91 Å². The summed E-state index contributed by atoms with van der Waals surface area (Å²) in [7, 11) is 1.93. The number of carbonyl (C=O) groups excluding carboxylic acids is 2. The number of nitrogens with zero attached hydrogens (tertiary/aromatic N) is 3. The maximum Gasteiger partial charge on any atom is 0.256 e. The minimum atomic E-state index is -0.0945. The predicted molar refractivity (Wildman–Crippen MR) is 104 cm³/mol. The molecule has 3 aliphatic heterocycles. The molecule has 0 saturated carbocycles. The van der Waals surface area contributed by atoms with Gasteiger partial charge in [0, 0.05) is 49.3 Å². The first kappa shape index (κ1) is 17.9. The average Bonchev–Trinajstić information content (AvgIpc) is 2.81. The molecule has 0 spiro atoms. The molecular formula is C21H27N3O3. The van der Waals surface area contributed by atoms with Crippen LogP contribution in [0.4, 0.5) is 0 Å². The number of aryl methyl sites for hydroxylation is 1. The van der Waals surface area contributed by atoms with Crippen LogP contribution < -0.4 is 0 Å². The van der Waals surface area contributed by atoms with E-state index in [4.69, 9.17) is 0 Å². The van der Waals surface area contributed by atoms with Gasteiger partial charge in [-0.05, 0) is 44.4 Å². The number of benzene rings is 1. The number of aromatic nitrogens is 1. The first-order valence-electron chi connectivity index (χ1n) is 9.80. The fourth-order valence-corrected chi connectivity index (χ4v) is 4.73. The van der Waals surface area contributed by atoms with Crippen LogP contribution in [0.5, 0.6) is 5.75 Å². The summed E-state index contributed by atoms with van der Waals surface area (Å²) in [6.45, 7) is 5.87. The quantitative estimate of drug-likeness (QED) is 0.905. The van der Waals surface area contributed by atoms with E-state index >= 15 is 0 Å². The molecule has 2 bridgehead atoms. The zero-order valence-corrected chi connectivity index (χ0v) is 16.2. The van der Waals surface area contributed by atoms with Crippen molar-refractivity contribution < 1.29 is 14.7 Å². The normalized spacial score (nSPS) is 22.6. The Labute approximate surface area is 159 Å². The second-order valence-corrected chi connectivity index (χ2v) is 7.89. The summed E-state index contributed by atoms with van der Waals surface area (Å²) >= 11 is 0. The Morgan fingerprint density at radius 3 is 2.78 bits per heavy atom. The van der Waals surface area contributed by atoms with Crippen molar-refractivity contribution in [3.8, 4) is 5.75 Å². The van der Waals surface area contributed by atoms with Gasteiger partial charge < -0.3 is 19.5 Å². The molecule has 0 unspecified atom stereocenters. The van der Waals surface area contributed by atoms with Gasteiger partial charge in [0.2, 0.25) is 5.91 Å². The first-order valence-corrected chi connectivity index (χ1v) is 9.80. The number of phenols is 1. The van der Waals surface area contributed by atoms with Crippen LogP contribution in [-0.2, 0) is 11.8 Å². The smallest absolute Gasteiger partial charge is 0.256 e. The number of rotatable bonds is 3. The fourth-order valence-electron chi connectivity index (χ4n) is 4.73. The van der Waals surface area contributed by atoms with Crippen LogP contribution in [0.2, 0.25) is 0 Å². The van der Waals surface area contributed by atoms with Gasteiger partial charge in [-0.15, -0.1) is 0 Å². The van der Waals surface area contributed by atoms with E-state index in [1.54, 1.807) is 12.1 Å². The van der Waals surface area contributed by atoms with Crippen LogP contribution in [0.3, 0.4) is 0 Å². The van der Waals surface area contributed by atoms with Gasteiger partial charge >= 0.3 is 0 Å². The summed E-state index contributed by atoms with van der Waals surface area (Å²) in [6, 6.07) is 5.26. The van der Waals surface area contributed by atoms with Crippen molar-refractivity contribution >= 4 is 22.7 Å². The molecule has 6 heteroatoms. The molecule has 0 radical (unpaired) electrons. The number of hydrogen-bond acceptors (Lipinski definition) is 3. The molecule has 3 saturated heterocycles. The van der Waals surface area contributed by atoms with Crippen molar-refractivity contribution in [3.63, 3.8) is 0 Å². The lowest BCUT2D eigenvalue weighted by molar-refractivity contribution is -0.139. The van der Waals surface area contributed by atoms with Crippen LogP contribution in [0.15, 0.2) is 18.2 Å². The van der Waals surface area contributed by atoms with E-state index in [0.29, 0.717) is 18.7 Å². The Bertz CT molecular complexity index is 917. The summed E-state index contributed by atoms with van der Waals surface area (Å²) in [4.78, 5) is 30.1. The minimum Gasteiger partial charge on any atom is -0.508 e. The summed E-state index contributed by atoms with van der Waals surface area (Å²) in [5, 5.41) is 10.7. The van der Waals surface area contributed by atoms with Crippen molar-refractivity contribution in [2.45, 2.75) is 39.2 Å². The summed E-state index contributed by atoms with van der Waals surface area (Å²) < 4.78 is 1.99. The van der Waals surface area contributed by atoms with Crippen molar-refractivity contribution in [2.24, 2.45) is 13.0 Å². The molecule has 27 heavy (non-hydrogen) atoms. The largest absolute Gasteiger partial charge is 0.508 e. The van der Waals surface area contributed by atoms with E-state index in [2.05, 4.69) is 6.92 Å². The summed E-state index contributed by atoms with van der Waals surface area (Å²) in [6.07, 6.45) is 2.77. The molecule has 0 aliphatic carbocycles. The Kier molecular flexibility index (Phi) is 4.36. The summed E-state index contributed by atoms with van der Waals surface area (Å²) in [5.74, 6) is 0.229. The molecule has 1 aromatic heterocycles. The second kappa shape index (κ2) is 6.59. The van der Waals surface area contributed by atoms with Crippen LogP contribution in [0, 0.1) is 12.8 Å². The number of phenolic OH excluding ortho intramolecular Hbond substituents is 1. The standard InChI is InChI=1S/C21H27N3O3/c1-4-9-24-15-6-5-14(20(24)26)11-23(12-15)21(27)19-13(2)22(3)18-8-7-16(25)10-17(18)19/h7-8,10,14-15,25H,4-6,9,11-12H2,1-3H3/t14-,15+/m0/s1. The molecule has 5 rings (SSSR count). The van der Waals surface area contributed by atoms with Gasteiger partial charge in [-0.2, -0.15) is 0 Å². The first-order chi connectivity index (χ1) is 12.9. The van der Waals surface area contributed by atoms with Crippen molar-refractivity contribution in [1.82, 2.24) is 14.4 Å². The molecule has 2 aromatic rings. The van der Waals surface area contributed by atoms with Gasteiger partial charge in [-0.3, -0.25) is 9.59 Å². The van der Waals surface area contributed by atoms with E-state index in [0.717, 1.165) is 42.4 Å². The summed E-state index contributed by atoms with van der Waals surface area (Å²) in [5.41, 5.74) is 2.45. The van der Waals surface area contributed by atoms with E-state index < -0.39 is 0 Å². The maximum absolute atomic E-state index is 13.5. The lowest BCUT2D eigenvalue weighted by Crippen LogP contribution is -2.48.